The molecule has 17 heavy (non-hydrogen) atoms. The van der Waals surface area contributed by atoms with E-state index in [9.17, 15) is 22.4 Å². The van der Waals surface area contributed by atoms with E-state index in [0.717, 1.165) is 18.2 Å². The minimum absolute atomic E-state index is 0.0330. The van der Waals surface area contributed by atoms with Gasteiger partial charge < -0.3 is 4.74 Å². The van der Waals surface area contributed by atoms with E-state index < -0.39 is 18.3 Å². The van der Waals surface area contributed by atoms with Gasteiger partial charge in [-0.3, -0.25) is 0 Å². The van der Waals surface area contributed by atoms with E-state index in [1.165, 1.54) is 6.08 Å². The van der Waals surface area contributed by atoms with Gasteiger partial charge in [0.05, 0.1) is 10.7 Å². The summed E-state index contributed by atoms with van der Waals surface area (Å²) < 4.78 is 52.4. The van der Waals surface area contributed by atoms with Crippen molar-refractivity contribution in [3.63, 3.8) is 0 Å². The maximum absolute atomic E-state index is 12.5. The Morgan fingerprint density at radius 1 is 1.41 bits per heavy atom. The number of benzene rings is 1. The van der Waals surface area contributed by atoms with Gasteiger partial charge in [-0.1, -0.05) is 11.6 Å². The number of halogens is 5. The molecule has 0 spiro atoms. The average molecular weight is 270 g/mol. The molecule has 0 aliphatic carbocycles. The lowest BCUT2D eigenvalue weighted by Crippen LogP contribution is -2.33. The van der Waals surface area contributed by atoms with Crippen LogP contribution in [0, 0.1) is 0 Å². The van der Waals surface area contributed by atoms with Crippen molar-refractivity contribution < 1.29 is 27.1 Å². The van der Waals surface area contributed by atoms with Crippen molar-refractivity contribution in [2.75, 3.05) is 0 Å². The molecule has 0 atom stereocenters. The van der Waals surface area contributed by atoms with E-state index in [1.54, 1.807) is 0 Å². The molecule has 0 aliphatic rings. The summed E-state index contributed by atoms with van der Waals surface area (Å²) in [7, 11) is 0. The Labute approximate surface area is 97.7 Å². The van der Waals surface area contributed by atoms with Crippen LogP contribution < -0.4 is 4.74 Å². The third kappa shape index (κ3) is 3.44. The Hall–Kier alpha value is -1.59. The van der Waals surface area contributed by atoms with Crippen molar-refractivity contribution in [3.8, 4) is 5.75 Å². The highest BCUT2D eigenvalue weighted by Gasteiger charge is 2.44. The molecular weight excluding hydrogens is 266 g/mol. The van der Waals surface area contributed by atoms with Crippen LogP contribution in [0.1, 0.15) is 0 Å². The van der Waals surface area contributed by atoms with Gasteiger partial charge in [0, 0.05) is 6.07 Å². The van der Waals surface area contributed by atoms with E-state index in [1.807, 2.05) is 0 Å². The molecule has 3 nitrogen and oxygen atoms in total. The molecule has 0 bridgehead atoms. The largest absolute Gasteiger partial charge is 0.461 e. The number of aliphatic imine (C=N–C) groups is 1. The van der Waals surface area contributed by atoms with E-state index in [2.05, 4.69) is 9.73 Å². The number of carbonyl (C=O) groups excluding carboxylic acids is 1. The van der Waals surface area contributed by atoms with E-state index in [-0.39, 0.29) is 10.7 Å². The van der Waals surface area contributed by atoms with Crippen molar-refractivity contribution >= 4 is 23.4 Å². The van der Waals surface area contributed by atoms with Crippen LogP contribution >= 0.6 is 11.6 Å². The Kier molecular flexibility index (Phi) is 4.09. The van der Waals surface area contributed by atoms with Gasteiger partial charge in [-0.2, -0.15) is 22.6 Å². The minimum Gasteiger partial charge on any atom is -0.428 e. The second kappa shape index (κ2) is 5.16. The highest BCUT2D eigenvalue weighted by molar-refractivity contribution is 6.33. The maximum Gasteiger partial charge on any atom is 0.461 e. The lowest BCUT2D eigenvalue weighted by atomic mass is 10.3. The number of alkyl halides is 4. The lowest BCUT2D eigenvalue weighted by Gasteiger charge is -2.16. The maximum atomic E-state index is 12.5. The van der Waals surface area contributed by atoms with Crippen molar-refractivity contribution in [3.05, 3.63) is 23.2 Å². The molecule has 1 rings (SSSR count). The Balaban J connectivity index is 2.95. The molecule has 0 radical (unpaired) electrons. The lowest BCUT2D eigenvalue weighted by molar-refractivity contribution is -0.253. The predicted molar refractivity (Wildman–Crippen MR) is 50.8 cm³/mol. The molecule has 0 unspecified atom stereocenters. The van der Waals surface area contributed by atoms with Crippen LogP contribution in [-0.4, -0.2) is 18.6 Å². The van der Waals surface area contributed by atoms with Crippen molar-refractivity contribution in [1.82, 2.24) is 0 Å². The Morgan fingerprint density at radius 3 is 2.53 bits per heavy atom. The Morgan fingerprint density at radius 2 is 2.06 bits per heavy atom. The van der Waals surface area contributed by atoms with Gasteiger partial charge in [0.2, 0.25) is 6.08 Å². The summed E-state index contributed by atoms with van der Waals surface area (Å²) in [5, 5.41) is -0.198. The summed E-state index contributed by atoms with van der Waals surface area (Å²) >= 11 is 5.53. The van der Waals surface area contributed by atoms with Crippen LogP contribution in [-0.2, 0) is 4.79 Å². The first-order valence-corrected chi connectivity index (χ1v) is 4.47. The van der Waals surface area contributed by atoms with Crippen LogP contribution in [0.3, 0.4) is 0 Å². The molecule has 92 valence electrons. The molecule has 0 fully saturated rings. The summed E-state index contributed by atoms with van der Waals surface area (Å²) in [6.45, 7) is 0. The molecule has 0 aliphatic heterocycles. The SMILES string of the molecule is O=C=Nc1ccc(OC(F)(F)C(F)F)cc1Cl. The zero-order valence-corrected chi connectivity index (χ0v) is 8.72. The number of hydrogen-bond donors (Lipinski definition) is 0. The van der Waals surface area contributed by atoms with Gasteiger partial charge >= 0.3 is 12.5 Å². The molecule has 0 saturated heterocycles. The third-order valence-electron chi connectivity index (χ3n) is 1.59. The summed E-state index contributed by atoms with van der Waals surface area (Å²) in [4.78, 5) is 13.1. The van der Waals surface area contributed by atoms with E-state index >= 15 is 0 Å². The standard InChI is InChI=1S/C9H4ClF4NO2/c10-6-3-5(1-2-7(6)15-4-16)17-9(13,14)8(11)12/h1-3,8H. The smallest absolute Gasteiger partial charge is 0.428 e. The van der Waals surface area contributed by atoms with Crippen LogP contribution in [0.2, 0.25) is 5.02 Å². The number of rotatable bonds is 4. The van der Waals surface area contributed by atoms with Crippen LogP contribution in [0.25, 0.3) is 0 Å². The van der Waals surface area contributed by atoms with E-state index in [4.69, 9.17) is 11.6 Å². The van der Waals surface area contributed by atoms with Gasteiger partial charge in [0.15, 0.2) is 0 Å². The second-order valence-electron chi connectivity index (χ2n) is 2.78. The molecule has 1 aromatic carbocycles. The predicted octanol–water partition coefficient (Wildman–Crippen LogP) is 3.54. The van der Waals surface area contributed by atoms with Gasteiger partial charge in [-0.15, -0.1) is 0 Å². The fourth-order valence-corrected chi connectivity index (χ4v) is 1.11. The zero-order valence-electron chi connectivity index (χ0n) is 7.96. The summed E-state index contributed by atoms with van der Waals surface area (Å²) in [5.41, 5.74) is -0.0330. The van der Waals surface area contributed by atoms with Gasteiger partial charge in [0.1, 0.15) is 5.75 Å². The number of ether oxygens (including phenoxy) is 1. The van der Waals surface area contributed by atoms with Crippen LogP contribution in [0.4, 0.5) is 23.2 Å². The molecule has 8 heteroatoms. The van der Waals surface area contributed by atoms with Crippen LogP contribution in [0.5, 0.6) is 5.75 Å². The second-order valence-corrected chi connectivity index (χ2v) is 3.19. The molecular formula is C9H4ClF4NO2. The van der Waals surface area contributed by atoms with Gasteiger partial charge in [-0.05, 0) is 12.1 Å². The highest BCUT2D eigenvalue weighted by atomic mass is 35.5. The minimum atomic E-state index is -4.61. The monoisotopic (exact) mass is 269 g/mol. The molecule has 0 heterocycles. The van der Waals surface area contributed by atoms with Crippen molar-refractivity contribution in [1.29, 1.82) is 0 Å². The number of isocyanates is 1. The topological polar surface area (TPSA) is 38.7 Å². The normalized spacial score (nSPS) is 11.2. The highest BCUT2D eigenvalue weighted by Crippen LogP contribution is 2.33. The van der Waals surface area contributed by atoms with Gasteiger partial charge in [-0.25, -0.2) is 4.79 Å². The van der Waals surface area contributed by atoms with Crippen LogP contribution in [0.15, 0.2) is 23.2 Å². The summed E-state index contributed by atoms with van der Waals surface area (Å²) in [6.07, 6.45) is -7.38. The fraction of sp³-hybridized carbons (Fsp3) is 0.222. The molecule has 1 aromatic rings. The Bertz CT molecular complexity index is 460. The first kappa shape index (κ1) is 13.5. The molecule has 0 aromatic heterocycles. The average Bonchev–Trinajstić information content (AvgIpc) is 2.21. The number of nitrogens with zero attached hydrogens (tertiary/aromatic N) is 1. The van der Waals surface area contributed by atoms with Crippen molar-refractivity contribution in [2.24, 2.45) is 4.99 Å². The molecule has 0 saturated carbocycles. The first-order chi connectivity index (χ1) is 7.86. The van der Waals surface area contributed by atoms with Gasteiger partial charge in [0.25, 0.3) is 0 Å². The zero-order chi connectivity index (χ0) is 13.1. The molecule has 0 N–H and O–H groups in total. The van der Waals surface area contributed by atoms with Crippen molar-refractivity contribution in [2.45, 2.75) is 12.5 Å². The molecule has 0 amide bonds. The fourth-order valence-electron chi connectivity index (χ4n) is 0.893. The summed E-state index contributed by atoms with van der Waals surface area (Å²) in [6, 6.07) is 2.83. The summed E-state index contributed by atoms with van der Waals surface area (Å²) in [5.74, 6) is -0.565. The quantitative estimate of drug-likeness (QED) is 0.476. The third-order valence-corrected chi connectivity index (χ3v) is 1.90. The first-order valence-electron chi connectivity index (χ1n) is 4.09. The number of hydrogen-bond acceptors (Lipinski definition) is 3. The van der Waals surface area contributed by atoms with E-state index in [0.29, 0.717) is 0 Å².